The summed E-state index contributed by atoms with van der Waals surface area (Å²) in [4.78, 5) is 9.22. The Morgan fingerprint density at radius 1 is 1.00 bits per heavy atom. The second-order valence-corrected chi connectivity index (χ2v) is 5.67. The van der Waals surface area contributed by atoms with Gasteiger partial charge in [-0.1, -0.05) is 12.1 Å². The van der Waals surface area contributed by atoms with Gasteiger partial charge in [-0.15, -0.1) is 0 Å². The van der Waals surface area contributed by atoms with Crippen LogP contribution < -0.4 is 14.8 Å². The van der Waals surface area contributed by atoms with Gasteiger partial charge in [-0.25, -0.2) is 9.97 Å². The zero-order valence-electron chi connectivity index (χ0n) is 14.5. The molecule has 130 valence electrons. The van der Waals surface area contributed by atoms with Crippen molar-refractivity contribution in [2.45, 2.75) is 13.0 Å². The molecule has 6 nitrogen and oxygen atoms in total. The van der Waals surface area contributed by atoms with Gasteiger partial charge in [0, 0.05) is 6.07 Å². The first kappa shape index (κ1) is 17.0. The number of aliphatic hydroxyl groups excluding tert-OH is 1. The van der Waals surface area contributed by atoms with Crippen LogP contribution in [0.5, 0.6) is 11.5 Å². The molecule has 0 aliphatic carbocycles. The molecular weight excluding hydrogens is 318 g/mol. The van der Waals surface area contributed by atoms with Gasteiger partial charge in [0.05, 0.1) is 43.6 Å². The Balaban J connectivity index is 1.93. The molecule has 3 aromatic rings. The van der Waals surface area contributed by atoms with Crippen molar-refractivity contribution in [3.63, 3.8) is 0 Å². The first-order valence-corrected chi connectivity index (χ1v) is 7.98. The fourth-order valence-electron chi connectivity index (χ4n) is 2.64. The molecule has 0 fully saturated rings. The van der Waals surface area contributed by atoms with Gasteiger partial charge >= 0.3 is 0 Å². The van der Waals surface area contributed by atoms with Gasteiger partial charge in [0.2, 0.25) is 0 Å². The minimum atomic E-state index is -0.307. The van der Waals surface area contributed by atoms with Gasteiger partial charge in [-0.3, -0.25) is 0 Å². The van der Waals surface area contributed by atoms with Gasteiger partial charge in [-0.2, -0.15) is 0 Å². The summed E-state index contributed by atoms with van der Waals surface area (Å²) in [6.45, 7) is 1.81. The maximum absolute atomic E-state index is 9.81. The highest BCUT2D eigenvalue weighted by Gasteiger charge is 2.14. The van der Waals surface area contributed by atoms with E-state index in [-0.39, 0.29) is 12.6 Å². The molecule has 0 saturated carbocycles. The van der Waals surface area contributed by atoms with Gasteiger partial charge < -0.3 is 19.9 Å². The van der Waals surface area contributed by atoms with E-state index in [9.17, 15) is 5.11 Å². The topological polar surface area (TPSA) is 76.5 Å². The van der Waals surface area contributed by atoms with E-state index in [1.165, 1.54) is 0 Å². The van der Waals surface area contributed by atoms with E-state index in [1.54, 1.807) is 14.2 Å². The van der Waals surface area contributed by atoms with Gasteiger partial charge in [0.25, 0.3) is 0 Å². The Morgan fingerprint density at radius 3 is 2.48 bits per heavy atom. The molecule has 1 aromatic heterocycles. The molecule has 3 rings (SSSR count). The number of nitrogens with one attached hydrogen (secondary N) is 1. The lowest BCUT2D eigenvalue weighted by atomic mass is 10.1. The molecule has 1 heterocycles. The van der Waals surface area contributed by atoms with Crippen LogP contribution in [0, 0.1) is 6.92 Å². The van der Waals surface area contributed by atoms with Crippen molar-refractivity contribution in [3.05, 3.63) is 53.7 Å². The van der Waals surface area contributed by atoms with E-state index in [4.69, 9.17) is 9.47 Å². The lowest BCUT2D eigenvalue weighted by molar-refractivity contribution is 0.276. The summed E-state index contributed by atoms with van der Waals surface area (Å²) in [5.41, 5.74) is 3.19. The third kappa shape index (κ3) is 3.64. The molecule has 0 radical (unpaired) electrons. The van der Waals surface area contributed by atoms with Crippen molar-refractivity contribution in [3.8, 4) is 11.5 Å². The molecule has 25 heavy (non-hydrogen) atoms. The van der Waals surface area contributed by atoms with Crippen LogP contribution in [0.3, 0.4) is 0 Å². The number of rotatable bonds is 6. The van der Waals surface area contributed by atoms with Gasteiger partial charge in [0.15, 0.2) is 0 Å². The SMILES string of the molecule is COc1cccc(C(CO)Nc2nc3ccc(OC)cc3nc2C)c1. The fraction of sp³-hybridized carbons (Fsp3) is 0.263. The van der Waals surface area contributed by atoms with E-state index in [0.29, 0.717) is 5.82 Å². The molecular formula is C19H21N3O3. The number of anilines is 1. The Bertz CT molecular complexity index is 883. The maximum Gasteiger partial charge on any atom is 0.148 e. The minimum Gasteiger partial charge on any atom is -0.497 e. The van der Waals surface area contributed by atoms with Crippen molar-refractivity contribution < 1.29 is 14.6 Å². The summed E-state index contributed by atoms with van der Waals surface area (Å²) < 4.78 is 10.5. The van der Waals surface area contributed by atoms with E-state index < -0.39 is 0 Å². The van der Waals surface area contributed by atoms with Crippen molar-refractivity contribution in [1.82, 2.24) is 9.97 Å². The van der Waals surface area contributed by atoms with Crippen molar-refractivity contribution in [2.75, 3.05) is 26.1 Å². The van der Waals surface area contributed by atoms with E-state index >= 15 is 0 Å². The molecule has 0 amide bonds. The number of hydrogen-bond acceptors (Lipinski definition) is 6. The molecule has 0 bridgehead atoms. The van der Waals surface area contributed by atoms with Crippen LogP contribution in [0.15, 0.2) is 42.5 Å². The number of methoxy groups -OCH3 is 2. The van der Waals surface area contributed by atoms with Crippen LogP contribution in [0.25, 0.3) is 11.0 Å². The molecule has 0 spiro atoms. The summed E-state index contributed by atoms with van der Waals surface area (Å²) in [5, 5.41) is 13.1. The standard InChI is InChI=1S/C19H21N3O3/c1-12-19(21-16-8-7-15(25-3)10-17(16)20-12)22-18(11-23)13-5-4-6-14(9-13)24-2/h4-10,18,23H,11H2,1-3H3,(H,21,22). The molecule has 0 aliphatic rings. The molecule has 6 heteroatoms. The summed E-state index contributed by atoms with van der Waals surface area (Å²) in [6.07, 6.45) is 0. The summed E-state index contributed by atoms with van der Waals surface area (Å²) >= 11 is 0. The number of aliphatic hydroxyl groups is 1. The first-order valence-electron chi connectivity index (χ1n) is 7.98. The highest BCUT2D eigenvalue weighted by atomic mass is 16.5. The first-order chi connectivity index (χ1) is 12.1. The third-order valence-corrected chi connectivity index (χ3v) is 4.04. The minimum absolute atomic E-state index is 0.0745. The number of benzene rings is 2. The zero-order chi connectivity index (χ0) is 17.8. The molecule has 2 N–H and O–H groups in total. The summed E-state index contributed by atoms with van der Waals surface area (Å²) in [7, 11) is 3.24. The van der Waals surface area contributed by atoms with Crippen LogP contribution in [0.2, 0.25) is 0 Å². The molecule has 0 aliphatic heterocycles. The van der Waals surface area contributed by atoms with Crippen molar-refractivity contribution in [2.24, 2.45) is 0 Å². The largest absolute Gasteiger partial charge is 0.497 e. The van der Waals surface area contributed by atoms with Crippen LogP contribution >= 0.6 is 0 Å². The molecule has 0 saturated heterocycles. The summed E-state index contributed by atoms with van der Waals surface area (Å²) in [5.74, 6) is 2.12. The van der Waals surface area contributed by atoms with Crippen molar-refractivity contribution >= 4 is 16.9 Å². The molecule has 1 atom stereocenters. The number of ether oxygens (including phenoxy) is 2. The highest BCUT2D eigenvalue weighted by molar-refractivity contribution is 5.78. The van der Waals surface area contributed by atoms with E-state index in [2.05, 4.69) is 15.3 Å². The normalized spacial score (nSPS) is 12.0. The Hall–Kier alpha value is -2.86. The smallest absolute Gasteiger partial charge is 0.148 e. The average molecular weight is 339 g/mol. The van der Waals surface area contributed by atoms with E-state index in [1.807, 2.05) is 49.4 Å². The maximum atomic E-state index is 9.81. The number of aromatic nitrogens is 2. The van der Waals surface area contributed by atoms with Crippen LogP contribution in [0.1, 0.15) is 17.3 Å². The number of hydrogen-bond donors (Lipinski definition) is 2. The van der Waals surface area contributed by atoms with E-state index in [0.717, 1.165) is 33.8 Å². The lowest BCUT2D eigenvalue weighted by Gasteiger charge is -2.19. The number of fused-ring (bicyclic) bond motifs is 1. The Morgan fingerprint density at radius 2 is 1.76 bits per heavy atom. The third-order valence-electron chi connectivity index (χ3n) is 4.04. The predicted molar refractivity (Wildman–Crippen MR) is 97.3 cm³/mol. The quantitative estimate of drug-likeness (QED) is 0.719. The fourth-order valence-corrected chi connectivity index (χ4v) is 2.64. The number of aryl methyl sites for hydroxylation is 1. The summed E-state index contributed by atoms with van der Waals surface area (Å²) in [6, 6.07) is 12.8. The second-order valence-electron chi connectivity index (χ2n) is 5.67. The van der Waals surface area contributed by atoms with Gasteiger partial charge in [-0.05, 0) is 36.8 Å². The molecule has 2 aromatic carbocycles. The second kappa shape index (κ2) is 7.36. The van der Waals surface area contributed by atoms with Crippen molar-refractivity contribution in [1.29, 1.82) is 0 Å². The lowest BCUT2D eigenvalue weighted by Crippen LogP contribution is -2.17. The Labute approximate surface area is 146 Å². The monoisotopic (exact) mass is 339 g/mol. The van der Waals surface area contributed by atoms with Crippen LogP contribution in [0.4, 0.5) is 5.82 Å². The van der Waals surface area contributed by atoms with Crippen LogP contribution in [-0.4, -0.2) is 35.9 Å². The highest BCUT2D eigenvalue weighted by Crippen LogP contribution is 2.25. The average Bonchev–Trinajstić information content (AvgIpc) is 2.65. The Kier molecular flexibility index (Phi) is 5.00. The predicted octanol–water partition coefficient (Wildman–Crippen LogP) is 3.10. The van der Waals surface area contributed by atoms with Crippen LogP contribution in [-0.2, 0) is 0 Å². The zero-order valence-corrected chi connectivity index (χ0v) is 14.5. The molecule has 1 unspecified atom stereocenters. The van der Waals surface area contributed by atoms with Gasteiger partial charge in [0.1, 0.15) is 17.3 Å². The number of nitrogens with zero attached hydrogens (tertiary/aromatic N) is 2.